The summed E-state index contributed by atoms with van der Waals surface area (Å²) in [4.78, 5) is 37.4. The molecule has 2 unspecified atom stereocenters. The van der Waals surface area contributed by atoms with E-state index in [9.17, 15) is 19.5 Å². The van der Waals surface area contributed by atoms with E-state index in [4.69, 9.17) is 18.9 Å². The number of rotatable bonds is 57. The van der Waals surface area contributed by atoms with Crippen LogP contribution in [0, 0.1) is 0 Å². The van der Waals surface area contributed by atoms with Crippen molar-refractivity contribution in [3.05, 3.63) is 85.1 Å². The van der Waals surface area contributed by atoms with Crippen LogP contribution in [0.25, 0.3) is 0 Å². The molecule has 0 aromatic heterocycles. The Labute approximate surface area is 468 Å². The number of allylic oxidation sites excluding steroid dienone is 14. The first-order valence-electron chi connectivity index (χ1n) is 31.3. The van der Waals surface area contributed by atoms with Crippen LogP contribution >= 0.6 is 0 Å². The van der Waals surface area contributed by atoms with Gasteiger partial charge in [0.1, 0.15) is 13.2 Å². The van der Waals surface area contributed by atoms with E-state index < -0.39 is 24.3 Å². The largest absolute Gasteiger partial charge is 0.477 e. The lowest BCUT2D eigenvalue weighted by Gasteiger charge is -2.25. The second-order valence-corrected chi connectivity index (χ2v) is 22.0. The van der Waals surface area contributed by atoms with Crippen LogP contribution in [0.4, 0.5) is 0 Å². The van der Waals surface area contributed by atoms with Crippen LogP contribution < -0.4 is 0 Å². The summed E-state index contributed by atoms with van der Waals surface area (Å²) in [6, 6.07) is 0. The molecule has 76 heavy (non-hydrogen) atoms. The standard InChI is InChI=1S/C67H117NO8/c1-6-8-10-12-14-16-18-20-22-23-24-25-26-27-28-29-30-31-32-33-34-35-36-37-38-39-40-41-42-43-44-46-48-50-52-54-56-58-65(70)76-63(62-75-67(66(71)72)73-60-59-68(3,4)5)61-74-64(69)57-55-53-51-49-47-45-21-19-17-15-13-11-9-7-2/h8,10,13-16,19-22,24-25,27-28,63,67H,6-7,9,11-12,17-18,23,26,29-62H2,1-5H3/p+1/b10-8-,15-13-,16-14-,21-19-,22-20-,25-24-,28-27-. The van der Waals surface area contributed by atoms with Crippen LogP contribution in [-0.4, -0.2) is 87.4 Å². The SMILES string of the molecule is CC/C=C\C/C=C\C/C=C\C/C=C\C/C=C\CCCCCCCCCCCCCCCCCCCCCCCC(=O)OC(COC(=O)CCCCCCC/C=C\C/C=C\CCCC)COC(OCC[N+](C)(C)C)C(=O)O. The van der Waals surface area contributed by atoms with Gasteiger partial charge in [-0.2, -0.15) is 0 Å². The third kappa shape index (κ3) is 58.2. The minimum Gasteiger partial charge on any atom is -0.477 e. The molecule has 9 nitrogen and oxygen atoms in total. The Bertz CT molecular complexity index is 1520. The molecule has 0 rings (SSSR count). The topological polar surface area (TPSA) is 108 Å². The van der Waals surface area contributed by atoms with Crippen molar-refractivity contribution in [3.8, 4) is 0 Å². The highest BCUT2D eigenvalue weighted by Crippen LogP contribution is 2.17. The molecule has 0 aliphatic carbocycles. The number of hydrogen-bond donors (Lipinski definition) is 1. The van der Waals surface area contributed by atoms with E-state index >= 15 is 0 Å². The molecule has 0 fully saturated rings. The third-order valence-electron chi connectivity index (χ3n) is 13.4. The van der Waals surface area contributed by atoms with E-state index in [1.54, 1.807) is 0 Å². The Morgan fingerprint density at radius 3 is 1.12 bits per heavy atom. The maximum Gasteiger partial charge on any atom is 0.361 e. The lowest BCUT2D eigenvalue weighted by atomic mass is 10.0. The highest BCUT2D eigenvalue weighted by molar-refractivity contribution is 5.71. The summed E-state index contributed by atoms with van der Waals surface area (Å²) >= 11 is 0. The van der Waals surface area contributed by atoms with Gasteiger partial charge < -0.3 is 28.5 Å². The molecule has 0 heterocycles. The van der Waals surface area contributed by atoms with E-state index in [1.807, 2.05) is 21.1 Å². The van der Waals surface area contributed by atoms with Crippen LogP contribution in [0.2, 0.25) is 0 Å². The molecule has 0 aromatic carbocycles. The highest BCUT2D eigenvalue weighted by Gasteiger charge is 2.25. The molecule has 0 bridgehead atoms. The molecule has 0 spiro atoms. The van der Waals surface area contributed by atoms with Gasteiger partial charge in [-0.25, -0.2) is 4.79 Å². The number of carboxylic acid groups (broad SMARTS) is 1. The number of nitrogens with zero attached hydrogens (tertiary/aromatic N) is 1. The number of ether oxygens (including phenoxy) is 4. The molecule has 2 atom stereocenters. The van der Waals surface area contributed by atoms with Crippen LogP contribution in [0.3, 0.4) is 0 Å². The van der Waals surface area contributed by atoms with Crippen LogP contribution in [-0.2, 0) is 33.3 Å². The maximum absolute atomic E-state index is 12.9. The third-order valence-corrected chi connectivity index (χ3v) is 13.4. The molecule has 0 aromatic rings. The number of carbonyl (C=O) groups excluding carboxylic acids is 2. The van der Waals surface area contributed by atoms with E-state index in [1.165, 1.54) is 135 Å². The highest BCUT2D eigenvalue weighted by atomic mass is 16.7. The van der Waals surface area contributed by atoms with Crippen molar-refractivity contribution in [1.29, 1.82) is 0 Å². The molecule has 1 N–H and O–H groups in total. The van der Waals surface area contributed by atoms with Crippen molar-refractivity contribution < 1.29 is 42.9 Å². The summed E-state index contributed by atoms with van der Waals surface area (Å²) in [5, 5.41) is 9.70. The molecule has 0 aliphatic rings. The summed E-state index contributed by atoms with van der Waals surface area (Å²) in [7, 11) is 5.96. The van der Waals surface area contributed by atoms with E-state index in [2.05, 4.69) is 98.9 Å². The van der Waals surface area contributed by atoms with Gasteiger partial charge in [-0.05, 0) is 83.5 Å². The first-order chi connectivity index (χ1) is 37.1. The average molecular weight is 1070 g/mol. The first-order valence-corrected chi connectivity index (χ1v) is 31.3. The van der Waals surface area contributed by atoms with Crippen molar-refractivity contribution in [2.75, 3.05) is 47.5 Å². The number of esters is 2. The molecule has 9 heteroatoms. The van der Waals surface area contributed by atoms with Gasteiger partial charge in [-0.15, -0.1) is 0 Å². The molecule has 0 aliphatic heterocycles. The lowest BCUT2D eigenvalue weighted by Crippen LogP contribution is -2.40. The van der Waals surface area contributed by atoms with Gasteiger partial charge >= 0.3 is 17.9 Å². The van der Waals surface area contributed by atoms with Crippen molar-refractivity contribution in [1.82, 2.24) is 0 Å². The maximum atomic E-state index is 12.9. The Balaban J connectivity index is 4.02. The molecule has 438 valence electrons. The summed E-state index contributed by atoms with van der Waals surface area (Å²) in [5.41, 5.74) is 0. The smallest absolute Gasteiger partial charge is 0.361 e. The van der Waals surface area contributed by atoms with Crippen molar-refractivity contribution in [2.24, 2.45) is 0 Å². The molecule has 0 saturated carbocycles. The zero-order valence-corrected chi connectivity index (χ0v) is 49.9. The Kier molecular flexibility index (Phi) is 55.0. The van der Waals surface area contributed by atoms with Gasteiger partial charge in [0.15, 0.2) is 6.10 Å². The van der Waals surface area contributed by atoms with Gasteiger partial charge in [-0.3, -0.25) is 9.59 Å². The fourth-order valence-electron chi connectivity index (χ4n) is 8.59. The predicted octanol–water partition coefficient (Wildman–Crippen LogP) is 18.7. The van der Waals surface area contributed by atoms with Gasteiger partial charge in [0.25, 0.3) is 6.29 Å². The Morgan fingerprint density at radius 2 is 0.750 bits per heavy atom. The monoisotopic (exact) mass is 1060 g/mol. The van der Waals surface area contributed by atoms with E-state index in [0.717, 1.165) is 103 Å². The number of hydrogen-bond acceptors (Lipinski definition) is 7. The van der Waals surface area contributed by atoms with Gasteiger partial charge in [0.05, 0.1) is 34.4 Å². The number of unbranched alkanes of at least 4 members (excludes halogenated alkanes) is 28. The van der Waals surface area contributed by atoms with Crippen molar-refractivity contribution in [3.63, 3.8) is 0 Å². The number of likely N-dealkylation sites (N-methyl/N-ethyl adjacent to an activating group) is 1. The van der Waals surface area contributed by atoms with Crippen LogP contribution in [0.1, 0.15) is 264 Å². The summed E-state index contributed by atoms with van der Waals surface area (Å²) in [6.45, 7) is 4.72. The van der Waals surface area contributed by atoms with Crippen LogP contribution in [0.5, 0.6) is 0 Å². The first kappa shape index (κ1) is 72.5. The minimum absolute atomic E-state index is 0.184. The fourth-order valence-corrected chi connectivity index (χ4v) is 8.59. The van der Waals surface area contributed by atoms with Crippen LogP contribution in [0.15, 0.2) is 85.1 Å². The zero-order valence-electron chi connectivity index (χ0n) is 49.9. The predicted molar refractivity (Wildman–Crippen MR) is 322 cm³/mol. The van der Waals surface area contributed by atoms with Crippen molar-refractivity contribution >= 4 is 17.9 Å². The summed E-state index contributed by atoms with van der Waals surface area (Å²) in [6.07, 6.45) is 74.1. The molecule has 0 saturated heterocycles. The molecule has 0 radical (unpaired) electrons. The number of carboxylic acids is 1. The Morgan fingerprint density at radius 1 is 0.408 bits per heavy atom. The average Bonchev–Trinajstić information content (AvgIpc) is 3.39. The summed E-state index contributed by atoms with van der Waals surface area (Å²) in [5.74, 6) is -2.02. The second kappa shape index (κ2) is 57.6. The van der Waals surface area contributed by atoms with Gasteiger partial charge in [0.2, 0.25) is 0 Å². The van der Waals surface area contributed by atoms with Crippen molar-refractivity contribution in [2.45, 2.75) is 277 Å². The Hall–Kier alpha value is -3.53. The quantitative estimate of drug-likeness (QED) is 0.0211. The van der Waals surface area contributed by atoms with Gasteiger partial charge in [0, 0.05) is 12.8 Å². The normalized spacial score (nSPS) is 13.3. The minimum atomic E-state index is -1.51. The van der Waals surface area contributed by atoms with E-state index in [0.29, 0.717) is 11.0 Å². The second-order valence-electron chi connectivity index (χ2n) is 22.0. The van der Waals surface area contributed by atoms with Gasteiger partial charge in [-0.1, -0.05) is 253 Å². The fraction of sp³-hybridized carbons (Fsp3) is 0.746. The molecular formula is C67H118NO8+. The number of carbonyl (C=O) groups is 3. The zero-order chi connectivity index (χ0) is 55.5. The lowest BCUT2D eigenvalue weighted by molar-refractivity contribution is -0.870. The number of quaternary nitrogens is 1. The summed E-state index contributed by atoms with van der Waals surface area (Å²) < 4.78 is 22.9. The molecule has 0 amide bonds. The van der Waals surface area contributed by atoms with E-state index in [-0.39, 0.29) is 38.6 Å². The molecular weight excluding hydrogens is 947 g/mol. The number of aliphatic carboxylic acids is 1.